The number of anilines is 1. The molecule has 5 rings (SSSR count). The van der Waals surface area contributed by atoms with E-state index in [1.54, 1.807) is 18.3 Å². The average molecular weight is 466 g/mol. The van der Waals surface area contributed by atoms with Crippen LogP contribution >= 0.6 is 0 Å². The first-order chi connectivity index (χ1) is 16.4. The van der Waals surface area contributed by atoms with E-state index in [2.05, 4.69) is 22.5 Å². The lowest BCUT2D eigenvalue weighted by Crippen LogP contribution is -2.65. The molecule has 1 saturated heterocycles. The molecule has 2 aromatic rings. The number of likely N-dealkylation sites (N-methyl/N-ethyl adjacent to an activating group) is 2. The van der Waals surface area contributed by atoms with E-state index in [0.29, 0.717) is 26.1 Å². The fraction of sp³-hybridized carbons (Fsp3) is 0.458. The minimum Gasteiger partial charge on any atom is -0.494 e. The van der Waals surface area contributed by atoms with Crippen LogP contribution in [0.3, 0.4) is 0 Å². The number of ether oxygens (including phenoxy) is 2. The van der Waals surface area contributed by atoms with Crippen LogP contribution in [0.5, 0.6) is 5.75 Å². The number of aromatic nitrogens is 2. The molecular formula is C24H31N7O3. The largest absolute Gasteiger partial charge is 0.494 e. The summed E-state index contributed by atoms with van der Waals surface area (Å²) >= 11 is 0. The summed E-state index contributed by atoms with van der Waals surface area (Å²) in [5.74, 6) is 1.66. The molecule has 2 unspecified atom stereocenters. The molecule has 1 aromatic carbocycles. The smallest absolute Gasteiger partial charge is 0.255 e. The number of hydrogen-bond acceptors (Lipinski definition) is 8. The van der Waals surface area contributed by atoms with Gasteiger partial charge in [0.2, 0.25) is 0 Å². The lowest BCUT2D eigenvalue weighted by atomic mass is 9.90. The summed E-state index contributed by atoms with van der Waals surface area (Å²) in [5.41, 5.74) is 3.72. The Morgan fingerprint density at radius 1 is 1.35 bits per heavy atom. The molecule has 10 heteroatoms. The van der Waals surface area contributed by atoms with Crippen LogP contribution in [0.15, 0.2) is 47.2 Å². The Balaban J connectivity index is 1.44. The topological polar surface area (TPSA) is 96.2 Å². The standard InChI is InChI=1S/C24H31N7O3/c1-6-17-20-21(30(4)24(9-10-34-13-24)22(32)29(20)3)28-23(27-17)26-16-7-8-18(19(11-16)33-5)31-12-15(2)25-14-31/h7-8,11-12,14,23,26,28H,6,9-10,13H2,1-5H3. The third-order valence-corrected chi connectivity index (χ3v) is 6.88. The molecule has 1 spiro atoms. The van der Waals surface area contributed by atoms with Gasteiger partial charge in [-0.1, -0.05) is 6.92 Å². The summed E-state index contributed by atoms with van der Waals surface area (Å²) in [6, 6.07) is 5.93. The Morgan fingerprint density at radius 3 is 2.82 bits per heavy atom. The van der Waals surface area contributed by atoms with Crippen molar-refractivity contribution in [3.05, 3.63) is 47.9 Å². The molecule has 1 fully saturated rings. The molecule has 2 N–H and O–H groups in total. The molecule has 3 aliphatic rings. The zero-order valence-electron chi connectivity index (χ0n) is 20.3. The molecule has 0 saturated carbocycles. The fourth-order valence-corrected chi connectivity index (χ4v) is 4.97. The normalized spacial score (nSPS) is 24.3. The number of amides is 1. The number of aliphatic imine (C=N–C) groups is 1. The maximum Gasteiger partial charge on any atom is 0.255 e. The van der Waals surface area contributed by atoms with Crippen LogP contribution in [0.25, 0.3) is 5.69 Å². The molecule has 1 aromatic heterocycles. The molecule has 2 atom stereocenters. The number of rotatable bonds is 5. The number of methoxy groups -OCH3 is 1. The highest BCUT2D eigenvalue weighted by atomic mass is 16.5. The third kappa shape index (κ3) is 3.40. The Bertz CT molecular complexity index is 1180. The van der Waals surface area contributed by atoms with Gasteiger partial charge in [-0.2, -0.15) is 0 Å². The molecular weight excluding hydrogens is 434 g/mol. The van der Waals surface area contributed by atoms with Gasteiger partial charge in [-0.05, 0) is 25.5 Å². The van der Waals surface area contributed by atoms with Crippen LogP contribution in [-0.4, -0.2) is 77.2 Å². The molecule has 4 heterocycles. The van der Waals surface area contributed by atoms with Gasteiger partial charge >= 0.3 is 0 Å². The molecule has 0 bridgehead atoms. The summed E-state index contributed by atoms with van der Waals surface area (Å²) in [6.07, 6.45) is 4.69. The van der Waals surface area contributed by atoms with Gasteiger partial charge < -0.3 is 34.5 Å². The van der Waals surface area contributed by atoms with Crippen molar-refractivity contribution in [2.24, 2.45) is 4.99 Å². The van der Waals surface area contributed by atoms with E-state index in [1.807, 2.05) is 54.9 Å². The summed E-state index contributed by atoms with van der Waals surface area (Å²) in [6.45, 7) is 4.97. The van der Waals surface area contributed by atoms with Crippen molar-refractivity contribution in [1.82, 2.24) is 24.7 Å². The Hall–Kier alpha value is -3.53. The highest BCUT2D eigenvalue weighted by Gasteiger charge is 2.53. The van der Waals surface area contributed by atoms with Gasteiger partial charge in [0, 0.05) is 45.1 Å². The highest BCUT2D eigenvalue weighted by Crippen LogP contribution is 2.38. The molecule has 1 amide bonds. The van der Waals surface area contributed by atoms with Crippen LogP contribution in [0, 0.1) is 6.92 Å². The van der Waals surface area contributed by atoms with Crippen molar-refractivity contribution < 1.29 is 14.3 Å². The van der Waals surface area contributed by atoms with Crippen molar-refractivity contribution in [1.29, 1.82) is 0 Å². The number of hydrogen-bond donors (Lipinski definition) is 2. The fourth-order valence-electron chi connectivity index (χ4n) is 4.97. The maximum atomic E-state index is 13.3. The Kier molecular flexibility index (Phi) is 5.47. The van der Waals surface area contributed by atoms with E-state index in [0.717, 1.165) is 40.0 Å². The van der Waals surface area contributed by atoms with Gasteiger partial charge in [0.1, 0.15) is 22.8 Å². The third-order valence-electron chi connectivity index (χ3n) is 6.88. The zero-order chi connectivity index (χ0) is 24.0. The van der Waals surface area contributed by atoms with Gasteiger partial charge in [-0.3, -0.25) is 4.79 Å². The Morgan fingerprint density at radius 2 is 2.18 bits per heavy atom. The van der Waals surface area contributed by atoms with Crippen molar-refractivity contribution in [3.8, 4) is 11.4 Å². The van der Waals surface area contributed by atoms with Crippen LogP contribution in [-0.2, 0) is 9.53 Å². The van der Waals surface area contributed by atoms with Gasteiger partial charge in [0.05, 0.1) is 37.1 Å². The number of carbonyl (C=O) groups excluding carboxylic acids is 1. The maximum absolute atomic E-state index is 13.3. The molecule has 0 aliphatic carbocycles. The minimum absolute atomic E-state index is 0.0515. The number of allylic oxidation sites excluding steroid dienone is 1. The van der Waals surface area contributed by atoms with E-state index < -0.39 is 11.8 Å². The predicted octanol–water partition coefficient (Wildman–Crippen LogP) is 2.07. The van der Waals surface area contributed by atoms with Crippen LogP contribution in [0.2, 0.25) is 0 Å². The van der Waals surface area contributed by atoms with Crippen molar-refractivity contribution in [2.45, 2.75) is 38.5 Å². The quantitative estimate of drug-likeness (QED) is 0.698. The van der Waals surface area contributed by atoms with Crippen LogP contribution in [0.4, 0.5) is 5.69 Å². The average Bonchev–Trinajstić information content (AvgIpc) is 3.51. The number of carbonyl (C=O) groups is 1. The first-order valence-electron chi connectivity index (χ1n) is 11.5. The summed E-state index contributed by atoms with van der Waals surface area (Å²) in [4.78, 5) is 26.3. The number of aryl methyl sites for hydroxylation is 1. The van der Waals surface area contributed by atoms with Crippen molar-refractivity contribution in [2.75, 3.05) is 39.7 Å². The van der Waals surface area contributed by atoms with Gasteiger partial charge in [0.25, 0.3) is 5.91 Å². The number of nitrogens with zero attached hydrogens (tertiary/aromatic N) is 5. The summed E-state index contributed by atoms with van der Waals surface area (Å²) in [7, 11) is 5.44. The second-order valence-corrected chi connectivity index (χ2v) is 8.88. The van der Waals surface area contributed by atoms with Crippen molar-refractivity contribution >= 4 is 17.3 Å². The number of nitrogens with one attached hydrogen (secondary N) is 2. The zero-order valence-corrected chi connectivity index (χ0v) is 20.3. The molecule has 0 radical (unpaired) electrons. The lowest BCUT2D eigenvalue weighted by molar-refractivity contribution is -0.142. The summed E-state index contributed by atoms with van der Waals surface area (Å²) in [5, 5.41) is 6.97. The highest BCUT2D eigenvalue weighted by molar-refractivity contribution is 6.06. The minimum atomic E-state index is -0.685. The first-order valence-corrected chi connectivity index (χ1v) is 11.5. The van der Waals surface area contributed by atoms with Crippen LogP contribution in [0.1, 0.15) is 25.5 Å². The molecule has 34 heavy (non-hydrogen) atoms. The summed E-state index contributed by atoms with van der Waals surface area (Å²) < 4.78 is 13.2. The van der Waals surface area contributed by atoms with Crippen molar-refractivity contribution in [3.63, 3.8) is 0 Å². The number of benzene rings is 1. The predicted molar refractivity (Wildman–Crippen MR) is 129 cm³/mol. The second kappa shape index (κ2) is 8.35. The van der Waals surface area contributed by atoms with E-state index in [9.17, 15) is 4.79 Å². The van der Waals surface area contributed by atoms with E-state index >= 15 is 0 Å². The Labute approximate surface area is 199 Å². The molecule has 10 nitrogen and oxygen atoms in total. The molecule has 3 aliphatic heterocycles. The van der Waals surface area contributed by atoms with E-state index in [-0.39, 0.29) is 5.91 Å². The van der Waals surface area contributed by atoms with E-state index in [1.165, 1.54) is 0 Å². The second-order valence-electron chi connectivity index (χ2n) is 8.88. The monoisotopic (exact) mass is 465 g/mol. The van der Waals surface area contributed by atoms with Gasteiger partial charge in [0.15, 0.2) is 6.29 Å². The lowest BCUT2D eigenvalue weighted by Gasteiger charge is -2.49. The van der Waals surface area contributed by atoms with Gasteiger partial charge in [-0.25, -0.2) is 9.98 Å². The first kappa shape index (κ1) is 22.3. The number of imidazole rings is 1. The SMILES string of the molecule is CCC1=NC(Nc2ccc(-n3cnc(C)c3)c(OC)c2)NC2=C1N(C)C(=O)C1(CCOC1)N2C. The van der Waals surface area contributed by atoms with Crippen LogP contribution < -0.4 is 15.4 Å². The van der Waals surface area contributed by atoms with Gasteiger partial charge in [-0.15, -0.1) is 0 Å². The van der Waals surface area contributed by atoms with E-state index in [4.69, 9.17) is 14.5 Å². The molecule has 180 valence electrons.